The monoisotopic (exact) mass is 329 g/mol. The second kappa shape index (κ2) is 5.41. The third-order valence-corrected chi connectivity index (χ3v) is 4.08. The van der Waals surface area contributed by atoms with Gasteiger partial charge < -0.3 is 0 Å². The van der Waals surface area contributed by atoms with Gasteiger partial charge in [0.25, 0.3) is 5.91 Å². The molecule has 96 valence electrons. The Hall–Kier alpha value is -0.870. The van der Waals surface area contributed by atoms with E-state index < -0.39 is 0 Å². The van der Waals surface area contributed by atoms with Crippen LogP contribution in [-0.2, 0) is 4.79 Å². The van der Waals surface area contributed by atoms with Gasteiger partial charge in [-0.2, -0.15) is 0 Å². The van der Waals surface area contributed by atoms with Crippen LogP contribution in [0.15, 0.2) is 22.7 Å². The van der Waals surface area contributed by atoms with Gasteiger partial charge in [0.1, 0.15) is 0 Å². The number of hydrogen-bond donors (Lipinski definition) is 0. The fraction of sp³-hybridized carbons (Fsp3) is 0.385. The highest BCUT2D eigenvalue weighted by Crippen LogP contribution is 2.27. The quantitative estimate of drug-likeness (QED) is 0.778. The standard InChI is InChI=1S/C13H13BrClNO2/c1-2-8-5-12(17)16(7-8)13(18)10-4-3-9(15)6-11(10)14/h3-4,6,8H,2,5,7H2,1H3. The highest BCUT2D eigenvalue weighted by Gasteiger charge is 2.33. The molecule has 0 N–H and O–H groups in total. The molecule has 2 amide bonds. The van der Waals surface area contributed by atoms with Crippen molar-refractivity contribution in [3.05, 3.63) is 33.3 Å². The van der Waals surface area contributed by atoms with Crippen molar-refractivity contribution in [1.29, 1.82) is 0 Å². The number of hydrogen-bond acceptors (Lipinski definition) is 2. The zero-order valence-corrected chi connectivity index (χ0v) is 12.3. The third-order valence-electron chi connectivity index (χ3n) is 3.19. The Labute approximate surface area is 119 Å². The molecule has 1 aliphatic rings. The first kappa shape index (κ1) is 13.6. The molecule has 18 heavy (non-hydrogen) atoms. The molecule has 0 bridgehead atoms. The summed E-state index contributed by atoms with van der Waals surface area (Å²) in [6, 6.07) is 4.95. The molecule has 1 saturated heterocycles. The van der Waals surface area contributed by atoms with Crippen LogP contribution in [0.5, 0.6) is 0 Å². The largest absolute Gasteiger partial charge is 0.278 e. The number of rotatable bonds is 2. The fourth-order valence-electron chi connectivity index (χ4n) is 2.06. The van der Waals surface area contributed by atoms with Gasteiger partial charge in [0.2, 0.25) is 5.91 Å². The van der Waals surface area contributed by atoms with E-state index in [0.29, 0.717) is 28.0 Å². The predicted molar refractivity (Wildman–Crippen MR) is 73.6 cm³/mol. The Morgan fingerprint density at radius 3 is 2.83 bits per heavy atom. The van der Waals surface area contributed by atoms with Crippen LogP contribution < -0.4 is 0 Å². The Balaban J connectivity index is 2.24. The van der Waals surface area contributed by atoms with Crippen molar-refractivity contribution >= 4 is 39.3 Å². The zero-order valence-electron chi connectivity index (χ0n) is 9.95. The van der Waals surface area contributed by atoms with Gasteiger partial charge in [0.05, 0.1) is 5.56 Å². The van der Waals surface area contributed by atoms with E-state index in [-0.39, 0.29) is 17.7 Å². The second-order valence-corrected chi connectivity index (χ2v) is 5.70. The average Bonchev–Trinajstić information content (AvgIpc) is 2.70. The van der Waals surface area contributed by atoms with Crippen LogP contribution >= 0.6 is 27.5 Å². The molecule has 0 aliphatic carbocycles. The number of carbonyl (C=O) groups is 2. The lowest BCUT2D eigenvalue weighted by atomic mass is 10.1. The molecule has 1 heterocycles. The molecular formula is C13H13BrClNO2. The molecule has 1 unspecified atom stereocenters. The first-order valence-electron chi connectivity index (χ1n) is 5.82. The minimum absolute atomic E-state index is 0.0892. The number of benzene rings is 1. The van der Waals surface area contributed by atoms with Crippen molar-refractivity contribution in [2.75, 3.05) is 6.54 Å². The number of likely N-dealkylation sites (tertiary alicyclic amines) is 1. The summed E-state index contributed by atoms with van der Waals surface area (Å²) in [6.45, 7) is 2.55. The van der Waals surface area contributed by atoms with E-state index in [9.17, 15) is 9.59 Å². The lowest BCUT2D eigenvalue weighted by molar-refractivity contribution is -0.125. The second-order valence-electron chi connectivity index (χ2n) is 4.41. The highest BCUT2D eigenvalue weighted by atomic mass is 79.9. The van der Waals surface area contributed by atoms with Crippen LogP contribution in [0.3, 0.4) is 0 Å². The maximum Gasteiger partial charge on any atom is 0.261 e. The van der Waals surface area contributed by atoms with E-state index in [1.165, 1.54) is 4.90 Å². The first-order chi connectivity index (χ1) is 8.52. The van der Waals surface area contributed by atoms with Crippen LogP contribution in [-0.4, -0.2) is 23.3 Å². The van der Waals surface area contributed by atoms with Crippen LogP contribution in [0.4, 0.5) is 0 Å². The van der Waals surface area contributed by atoms with Crippen LogP contribution in [0.1, 0.15) is 30.1 Å². The number of imide groups is 1. The van der Waals surface area contributed by atoms with Gasteiger partial charge in [-0.05, 0) is 40.0 Å². The topological polar surface area (TPSA) is 37.4 Å². The van der Waals surface area contributed by atoms with E-state index in [1.54, 1.807) is 18.2 Å². The van der Waals surface area contributed by atoms with Gasteiger partial charge in [-0.15, -0.1) is 0 Å². The van der Waals surface area contributed by atoms with E-state index in [1.807, 2.05) is 6.92 Å². The van der Waals surface area contributed by atoms with Crippen molar-refractivity contribution in [2.45, 2.75) is 19.8 Å². The van der Waals surface area contributed by atoms with Crippen LogP contribution in [0, 0.1) is 5.92 Å². The van der Waals surface area contributed by atoms with Crippen molar-refractivity contribution in [2.24, 2.45) is 5.92 Å². The number of nitrogens with zero attached hydrogens (tertiary/aromatic N) is 1. The summed E-state index contributed by atoms with van der Waals surface area (Å²) in [5.41, 5.74) is 0.476. The van der Waals surface area contributed by atoms with E-state index in [2.05, 4.69) is 15.9 Å². The molecule has 5 heteroatoms. The average molecular weight is 331 g/mol. The van der Waals surface area contributed by atoms with Crippen LogP contribution in [0.2, 0.25) is 5.02 Å². The van der Waals surface area contributed by atoms with Crippen LogP contribution in [0.25, 0.3) is 0 Å². The third kappa shape index (κ3) is 2.59. The molecule has 1 aromatic carbocycles. The van der Waals surface area contributed by atoms with E-state index >= 15 is 0 Å². The van der Waals surface area contributed by atoms with Gasteiger partial charge in [-0.1, -0.05) is 24.9 Å². The van der Waals surface area contributed by atoms with Gasteiger partial charge in [-0.25, -0.2) is 0 Å². The Morgan fingerprint density at radius 2 is 2.28 bits per heavy atom. The molecule has 0 aromatic heterocycles. The van der Waals surface area contributed by atoms with Gasteiger partial charge in [0.15, 0.2) is 0 Å². The van der Waals surface area contributed by atoms with Crippen molar-refractivity contribution in [1.82, 2.24) is 4.90 Å². The molecule has 1 atom stereocenters. The molecule has 0 radical (unpaired) electrons. The molecular weight excluding hydrogens is 318 g/mol. The van der Waals surface area contributed by atoms with Crippen molar-refractivity contribution < 1.29 is 9.59 Å². The lowest BCUT2D eigenvalue weighted by Crippen LogP contribution is -2.32. The predicted octanol–water partition coefficient (Wildman–Crippen LogP) is 3.50. The summed E-state index contributed by atoms with van der Waals surface area (Å²) >= 11 is 9.14. The number of amides is 2. The maximum atomic E-state index is 12.3. The minimum atomic E-state index is -0.250. The highest BCUT2D eigenvalue weighted by molar-refractivity contribution is 9.10. The summed E-state index contributed by atoms with van der Waals surface area (Å²) in [5, 5.41) is 0.553. The molecule has 1 aromatic rings. The smallest absolute Gasteiger partial charge is 0.261 e. The summed E-state index contributed by atoms with van der Waals surface area (Å²) in [5.74, 6) is -0.0549. The fourth-order valence-corrected chi connectivity index (χ4v) is 2.91. The van der Waals surface area contributed by atoms with Gasteiger partial charge in [0, 0.05) is 22.5 Å². The Bertz CT molecular complexity index is 504. The first-order valence-corrected chi connectivity index (χ1v) is 6.99. The Morgan fingerprint density at radius 1 is 1.56 bits per heavy atom. The molecule has 1 aliphatic heterocycles. The van der Waals surface area contributed by atoms with Gasteiger partial charge >= 0.3 is 0 Å². The summed E-state index contributed by atoms with van der Waals surface area (Å²) in [4.78, 5) is 25.4. The maximum absolute atomic E-state index is 12.3. The van der Waals surface area contributed by atoms with E-state index in [0.717, 1.165) is 6.42 Å². The van der Waals surface area contributed by atoms with E-state index in [4.69, 9.17) is 11.6 Å². The SMILES string of the molecule is CCC1CC(=O)N(C(=O)c2ccc(Cl)cc2Br)C1. The number of halogens is 2. The van der Waals surface area contributed by atoms with Gasteiger partial charge in [-0.3, -0.25) is 14.5 Å². The normalized spacial score (nSPS) is 19.4. The summed E-state index contributed by atoms with van der Waals surface area (Å²) < 4.78 is 0.618. The zero-order chi connectivity index (χ0) is 13.3. The molecule has 2 rings (SSSR count). The number of carbonyl (C=O) groups excluding carboxylic acids is 2. The molecule has 1 fully saturated rings. The molecule has 3 nitrogen and oxygen atoms in total. The lowest BCUT2D eigenvalue weighted by Gasteiger charge is -2.15. The van der Waals surface area contributed by atoms with Crippen molar-refractivity contribution in [3.63, 3.8) is 0 Å². The molecule has 0 spiro atoms. The van der Waals surface area contributed by atoms with Crippen molar-refractivity contribution in [3.8, 4) is 0 Å². The summed E-state index contributed by atoms with van der Waals surface area (Å²) in [6.07, 6.45) is 1.38. The summed E-state index contributed by atoms with van der Waals surface area (Å²) in [7, 11) is 0. The minimum Gasteiger partial charge on any atom is -0.278 e. The Kier molecular flexibility index (Phi) is 4.07. The molecule has 0 saturated carbocycles.